The van der Waals surface area contributed by atoms with Crippen molar-refractivity contribution < 1.29 is 24.5 Å². The number of aliphatic hydroxyl groups is 2. The Hall–Kier alpha value is -1.87. The standard InChI is InChI=1S/C20H31N3O5/c1-27-19-10-15(11-23-9-6-21-20(26)13-23)2-3-18(19)28-14-17(25)12-22-7-4-16(24)5-8-22/h2-3,10,16-17,24-25H,4-9,11-14H2,1H3,(H,21,26)/t17-/m1/s1. The zero-order chi connectivity index (χ0) is 19.9. The molecule has 3 N–H and O–H groups in total. The third kappa shape index (κ3) is 6.07. The molecule has 8 nitrogen and oxygen atoms in total. The molecule has 28 heavy (non-hydrogen) atoms. The number of piperazine rings is 1. The van der Waals surface area contributed by atoms with E-state index in [1.54, 1.807) is 7.11 Å². The Morgan fingerprint density at radius 2 is 2.00 bits per heavy atom. The lowest BCUT2D eigenvalue weighted by Crippen LogP contribution is -2.47. The van der Waals surface area contributed by atoms with Crippen molar-refractivity contribution in [1.82, 2.24) is 15.1 Å². The molecule has 1 aromatic rings. The van der Waals surface area contributed by atoms with Gasteiger partial charge in [-0.2, -0.15) is 0 Å². The van der Waals surface area contributed by atoms with Gasteiger partial charge in [-0.15, -0.1) is 0 Å². The first kappa shape index (κ1) is 20.9. The second-order valence-corrected chi connectivity index (χ2v) is 7.54. The topological polar surface area (TPSA) is 94.5 Å². The van der Waals surface area contributed by atoms with E-state index in [1.807, 2.05) is 18.2 Å². The van der Waals surface area contributed by atoms with Gasteiger partial charge in [-0.3, -0.25) is 9.69 Å². The van der Waals surface area contributed by atoms with Crippen LogP contribution in [0.4, 0.5) is 0 Å². The van der Waals surface area contributed by atoms with E-state index in [2.05, 4.69) is 15.1 Å². The van der Waals surface area contributed by atoms with Crippen molar-refractivity contribution in [3.05, 3.63) is 23.8 Å². The van der Waals surface area contributed by atoms with Crippen LogP contribution < -0.4 is 14.8 Å². The maximum atomic E-state index is 11.5. The van der Waals surface area contributed by atoms with Crippen LogP contribution in [0.15, 0.2) is 18.2 Å². The SMILES string of the molecule is COc1cc(CN2CCNC(=O)C2)ccc1OC[C@H](O)CN1CCC(O)CC1. The van der Waals surface area contributed by atoms with Crippen LogP contribution in [-0.2, 0) is 11.3 Å². The second-order valence-electron chi connectivity index (χ2n) is 7.54. The van der Waals surface area contributed by atoms with Crippen LogP contribution in [-0.4, -0.2) is 91.1 Å². The smallest absolute Gasteiger partial charge is 0.234 e. The quantitative estimate of drug-likeness (QED) is 0.564. The molecule has 2 saturated heterocycles. The molecule has 1 atom stereocenters. The molecule has 3 rings (SSSR count). The first-order valence-electron chi connectivity index (χ1n) is 9.90. The van der Waals surface area contributed by atoms with Gasteiger partial charge >= 0.3 is 0 Å². The fourth-order valence-electron chi connectivity index (χ4n) is 3.65. The molecule has 0 bridgehead atoms. The molecule has 0 unspecified atom stereocenters. The average Bonchev–Trinajstić information content (AvgIpc) is 2.68. The molecule has 2 aliphatic heterocycles. The molecular formula is C20H31N3O5. The summed E-state index contributed by atoms with van der Waals surface area (Å²) in [4.78, 5) is 15.8. The third-order valence-corrected chi connectivity index (χ3v) is 5.21. The number of benzene rings is 1. The number of methoxy groups -OCH3 is 1. The molecule has 0 aliphatic carbocycles. The van der Waals surface area contributed by atoms with Gasteiger partial charge in [0.2, 0.25) is 5.91 Å². The van der Waals surface area contributed by atoms with Gasteiger partial charge in [0.15, 0.2) is 11.5 Å². The Kier molecular flexibility index (Phi) is 7.50. The molecule has 2 fully saturated rings. The van der Waals surface area contributed by atoms with E-state index in [1.165, 1.54) is 0 Å². The van der Waals surface area contributed by atoms with Crippen LogP contribution in [0, 0.1) is 0 Å². The maximum absolute atomic E-state index is 11.5. The number of nitrogens with one attached hydrogen (secondary N) is 1. The molecule has 156 valence electrons. The summed E-state index contributed by atoms with van der Waals surface area (Å²) in [7, 11) is 1.59. The summed E-state index contributed by atoms with van der Waals surface area (Å²) in [5, 5.41) is 22.7. The number of β-amino-alcohol motifs (C(OH)–C–C–N with tert-alkyl or cyclic N) is 1. The Morgan fingerprint density at radius 3 is 2.71 bits per heavy atom. The summed E-state index contributed by atoms with van der Waals surface area (Å²) in [6.07, 6.45) is 0.682. The summed E-state index contributed by atoms with van der Waals surface area (Å²) >= 11 is 0. The van der Waals surface area contributed by atoms with Gasteiger partial charge in [-0.05, 0) is 30.5 Å². The minimum atomic E-state index is -0.605. The van der Waals surface area contributed by atoms with Gasteiger partial charge in [0, 0.05) is 39.3 Å². The van der Waals surface area contributed by atoms with Crippen molar-refractivity contribution in [2.75, 3.05) is 53.0 Å². The number of amides is 1. The number of carbonyl (C=O) groups excluding carboxylic acids is 1. The summed E-state index contributed by atoms with van der Waals surface area (Å²) < 4.78 is 11.2. The summed E-state index contributed by atoms with van der Waals surface area (Å²) in [5.41, 5.74) is 1.05. The van der Waals surface area contributed by atoms with E-state index in [9.17, 15) is 15.0 Å². The zero-order valence-electron chi connectivity index (χ0n) is 16.5. The molecular weight excluding hydrogens is 362 g/mol. The van der Waals surface area contributed by atoms with E-state index < -0.39 is 6.10 Å². The molecule has 0 spiro atoms. The molecule has 2 heterocycles. The molecule has 2 aliphatic rings. The number of aliphatic hydroxyl groups excluding tert-OH is 2. The Labute approximate surface area is 166 Å². The van der Waals surface area contributed by atoms with Gasteiger partial charge in [0.05, 0.1) is 19.8 Å². The first-order chi connectivity index (χ1) is 13.5. The molecule has 1 amide bonds. The highest BCUT2D eigenvalue weighted by atomic mass is 16.5. The Bertz CT molecular complexity index is 649. The highest BCUT2D eigenvalue weighted by Gasteiger charge is 2.20. The largest absolute Gasteiger partial charge is 0.493 e. The Balaban J connectivity index is 1.50. The predicted octanol–water partition coefficient (Wildman–Crippen LogP) is -0.177. The highest BCUT2D eigenvalue weighted by molar-refractivity contribution is 5.78. The van der Waals surface area contributed by atoms with Crippen LogP contribution in [0.2, 0.25) is 0 Å². The molecule has 0 radical (unpaired) electrons. The van der Waals surface area contributed by atoms with Crippen LogP contribution >= 0.6 is 0 Å². The van der Waals surface area contributed by atoms with E-state index in [0.29, 0.717) is 37.7 Å². The number of rotatable bonds is 8. The lowest BCUT2D eigenvalue weighted by atomic mass is 10.1. The number of ether oxygens (including phenoxy) is 2. The summed E-state index contributed by atoms with van der Waals surface area (Å²) in [6.45, 7) is 4.88. The minimum absolute atomic E-state index is 0.0513. The van der Waals surface area contributed by atoms with Gasteiger partial charge in [0.25, 0.3) is 0 Å². The van der Waals surface area contributed by atoms with Crippen molar-refractivity contribution >= 4 is 5.91 Å². The number of nitrogens with zero attached hydrogens (tertiary/aromatic N) is 2. The van der Waals surface area contributed by atoms with E-state index in [4.69, 9.17) is 9.47 Å². The fourth-order valence-corrected chi connectivity index (χ4v) is 3.65. The van der Waals surface area contributed by atoms with Crippen LogP contribution in [0.25, 0.3) is 0 Å². The third-order valence-electron chi connectivity index (χ3n) is 5.21. The van der Waals surface area contributed by atoms with Crippen LogP contribution in [0.3, 0.4) is 0 Å². The molecule has 0 aromatic heterocycles. The second kappa shape index (κ2) is 10.1. The molecule has 1 aromatic carbocycles. The van der Waals surface area contributed by atoms with E-state index in [0.717, 1.165) is 38.0 Å². The van der Waals surface area contributed by atoms with Gasteiger partial charge in [0.1, 0.15) is 12.7 Å². The monoisotopic (exact) mass is 393 g/mol. The van der Waals surface area contributed by atoms with E-state index >= 15 is 0 Å². The van der Waals surface area contributed by atoms with Gasteiger partial charge in [-0.1, -0.05) is 6.07 Å². The predicted molar refractivity (Wildman–Crippen MR) is 104 cm³/mol. The number of piperidine rings is 1. The van der Waals surface area contributed by atoms with Crippen molar-refractivity contribution in [1.29, 1.82) is 0 Å². The average molecular weight is 393 g/mol. The number of hydrogen-bond acceptors (Lipinski definition) is 7. The van der Waals surface area contributed by atoms with Crippen LogP contribution in [0.1, 0.15) is 18.4 Å². The summed E-state index contributed by atoms with van der Waals surface area (Å²) in [6, 6.07) is 5.73. The van der Waals surface area contributed by atoms with Crippen molar-refractivity contribution in [3.63, 3.8) is 0 Å². The lowest BCUT2D eigenvalue weighted by molar-refractivity contribution is -0.124. The lowest BCUT2D eigenvalue weighted by Gasteiger charge is -2.31. The minimum Gasteiger partial charge on any atom is -0.493 e. The summed E-state index contributed by atoms with van der Waals surface area (Å²) in [5.74, 6) is 1.26. The molecule has 8 heteroatoms. The normalized spacial score (nSPS) is 20.6. The fraction of sp³-hybridized carbons (Fsp3) is 0.650. The van der Waals surface area contributed by atoms with Crippen molar-refractivity contribution in [3.8, 4) is 11.5 Å². The van der Waals surface area contributed by atoms with Crippen molar-refractivity contribution in [2.45, 2.75) is 31.6 Å². The van der Waals surface area contributed by atoms with E-state index in [-0.39, 0.29) is 18.6 Å². The number of likely N-dealkylation sites (tertiary alicyclic amines) is 1. The van der Waals surface area contributed by atoms with Crippen LogP contribution in [0.5, 0.6) is 11.5 Å². The van der Waals surface area contributed by atoms with Crippen molar-refractivity contribution in [2.24, 2.45) is 0 Å². The Morgan fingerprint density at radius 1 is 1.21 bits per heavy atom. The molecule has 0 saturated carbocycles. The number of hydrogen-bond donors (Lipinski definition) is 3. The number of carbonyl (C=O) groups is 1. The van der Waals surface area contributed by atoms with Gasteiger partial charge in [-0.25, -0.2) is 0 Å². The zero-order valence-corrected chi connectivity index (χ0v) is 16.5. The highest BCUT2D eigenvalue weighted by Crippen LogP contribution is 2.29. The maximum Gasteiger partial charge on any atom is 0.234 e. The first-order valence-corrected chi connectivity index (χ1v) is 9.90. The van der Waals surface area contributed by atoms with Gasteiger partial charge < -0.3 is 29.9 Å².